The first kappa shape index (κ1) is 16.2. The van der Waals surface area contributed by atoms with Gasteiger partial charge in [-0.05, 0) is 45.2 Å². The molecule has 2 rings (SSSR count). The average molecular weight is 284 g/mol. The molecule has 2 aliphatic rings. The fraction of sp³-hybridized carbons (Fsp3) is 1.00. The van der Waals surface area contributed by atoms with Crippen LogP contribution in [0.15, 0.2) is 0 Å². The van der Waals surface area contributed by atoms with E-state index in [1.54, 1.807) is 0 Å². The van der Waals surface area contributed by atoms with Gasteiger partial charge >= 0.3 is 0 Å². The third-order valence-electron chi connectivity index (χ3n) is 4.18. The van der Waals surface area contributed by atoms with Gasteiger partial charge in [0.15, 0.2) is 0 Å². The fourth-order valence-electron chi connectivity index (χ4n) is 2.71. The van der Waals surface area contributed by atoms with Gasteiger partial charge in [-0.2, -0.15) is 0 Å². The molecule has 1 aliphatic heterocycles. The lowest BCUT2D eigenvalue weighted by Gasteiger charge is -2.17. The van der Waals surface area contributed by atoms with Crippen LogP contribution in [0.1, 0.15) is 39.5 Å². The Balaban J connectivity index is 1.46. The monoisotopic (exact) mass is 284 g/mol. The Hall–Kier alpha value is -0.160. The highest BCUT2D eigenvalue weighted by Gasteiger charge is 2.26. The predicted octanol–water partition coefficient (Wildman–Crippen LogP) is 1.89. The van der Waals surface area contributed by atoms with Crippen molar-refractivity contribution in [2.24, 2.45) is 5.92 Å². The lowest BCUT2D eigenvalue weighted by Crippen LogP contribution is -2.30. The number of likely N-dealkylation sites (N-methyl/N-ethyl adjacent to an activating group) is 1. The topological polar surface area (TPSA) is 33.7 Å². The van der Waals surface area contributed by atoms with E-state index in [1.807, 2.05) is 0 Å². The van der Waals surface area contributed by atoms with E-state index >= 15 is 0 Å². The Morgan fingerprint density at radius 1 is 1.20 bits per heavy atom. The summed E-state index contributed by atoms with van der Waals surface area (Å²) in [4.78, 5) is 2.41. The Morgan fingerprint density at radius 2 is 1.95 bits per heavy atom. The molecule has 1 heterocycles. The molecule has 2 unspecified atom stereocenters. The van der Waals surface area contributed by atoms with E-state index in [0.717, 1.165) is 45.3 Å². The van der Waals surface area contributed by atoms with E-state index in [9.17, 15) is 0 Å². The minimum absolute atomic E-state index is 0.312. The van der Waals surface area contributed by atoms with Gasteiger partial charge in [-0.1, -0.05) is 13.8 Å². The van der Waals surface area contributed by atoms with Gasteiger partial charge in [0.1, 0.15) is 0 Å². The van der Waals surface area contributed by atoms with E-state index in [1.165, 1.54) is 19.3 Å². The molecule has 1 saturated carbocycles. The van der Waals surface area contributed by atoms with E-state index in [4.69, 9.17) is 9.47 Å². The van der Waals surface area contributed by atoms with Crippen molar-refractivity contribution in [3.05, 3.63) is 0 Å². The third-order valence-corrected chi connectivity index (χ3v) is 4.18. The predicted molar refractivity (Wildman–Crippen MR) is 82.1 cm³/mol. The van der Waals surface area contributed by atoms with Gasteiger partial charge < -0.3 is 19.7 Å². The number of rotatable bonds is 10. The second-order valence-corrected chi connectivity index (χ2v) is 6.80. The van der Waals surface area contributed by atoms with Crippen molar-refractivity contribution >= 4 is 0 Å². The van der Waals surface area contributed by atoms with Gasteiger partial charge in [0.25, 0.3) is 0 Å². The van der Waals surface area contributed by atoms with Gasteiger partial charge in [0.2, 0.25) is 0 Å². The highest BCUT2D eigenvalue weighted by Crippen LogP contribution is 2.25. The van der Waals surface area contributed by atoms with Crippen LogP contribution in [0.5, 0.6) is 0 Å². The first-order valence-corrected chi connectivity index (χ1v) is 8.29. The molecular weight excluding hydrogens is 252 g/mol. The number of nitrogens with one attached hydrogen (secondary N) is 1. The zero-order valence-electron chi connectivity index (χ0n) is 13.4. The molecule has 0 bridgehead atoms. The first-order chi connectivity index (χ1) is 9.65. The van der Waals surface area contributed by atoms with Crippen LogP contribution in [-0.2, 0) is 9.47 Å². The van der Waals surface area contributed by atoms with Gasteiger partial charge in [-0.25, -0.2) is 0 Å². The van der Waals surface area contributed by atoms with Gasteiger partial charge in [-0.15, -0.1) is 0 Å². The average Bonchev–Trinajstić information content (AvgIpc) is 3.16. The van der Waals surface area contributed by atoms with Crippen molar-refractivity contribution in [3.63, 3.8) is 0 Å². The Bertz CT molecular complexity index is 269. The second kappa shape index (κ2) is 8.32. The summed E-state index contributed by atoms with van der Waals surface area (Å²) in [5.41, 5.74) is 0. The van der Waals surface area contributed by atoms with Gasteiger partial charge in [0, 0.05) is 19.1 Å². The Labute approximate surface area is 124 Å². The van der Waals surface area contributed by atoms with Crippen LogP contribution in [0, 0.1) is 5.92 Å². The van der Waals surface area contributed by atoms with E-state index < -0.39 is 0 Å². The van der Waals surface area contributed by atoms with Crippen LogP contribution >= 0.6 is 0 Å². The van der Waals surface area contributed by atoms with Crippen molar-refractivity contribution < 1.29 is 9.47 Å². The minimum atomic E-state index is 0.312. The van der Waals surface area contributed by atoms with Crippen LogP contribution in [0.4, 0.5) is 0 Å². The second-order valence-electron chi connectivity index (χ2n) is 6.80. The van der Waals surface area contributed by atoms with E-state index in [-0.39, 0.29) is 0 Å². The molecule has 118 valence electrons. The summed E-state index contributed by atoms with van der Waals surface area (Å²) in [5.74, 6) is 0.707. The summed E-state index contributed by atoms with van der Waals surface area (Å²) >= 11 is 0. The fourth-order valence-corrected chi connectivity index (χ4v) is 2.71. The molecule has 0 spiro atoms. The smallest absolute Gasteiger partial charge is 0.0813 e. The van der Waals surface area contributed by atoms with Crippen molar-refractivity contribution in [3.8, 4) is 0 Å². The lowest BCUT2D eigenvalue weighted by atomic mass is 10.2. The van der Waals surface area contributed by atoms with Gasteiger partial charge in [-0.3, -0.25) is 0 Å². The largest absolute Gasteiger partial charge is 0.377 e. The van der Waals surface area contributed by atoms with Crippen molar-refractivity contribution in [2.75, 3.05) is 39.9 Å². The highest BCUT2D eigenvalue weighted by molar-refractivity contribution is 4.82. The lowest BCUT2D eigenvalue weighted by molar-refractivity contribution is -0.0175. The summed E-state index contributed by atoms with van der Waals surface area (Å²) in [6.07, 6.45) is 5.75. The number of hydrogen-bond acceptors (Lipinski definition) is 4. The molecule has 0 aromatic rings. The standard InChI is InChI=1S/C16H32N2O2/c1-13(2)10-17-11-15-6-7-16(20-15)12-19-9-8-18(3)14-4-5-14/h13-17H,4-12H2,1-3H3. The number of nitrogens with zero attached hydrogens (tertiary/aromatic N) is 1. The first-order valence-electron chi connectivity index (χ1n) is 8.29. The summed E-state index contributed by atoms with van der Waals surface area (Å²) in [6.45, 7) is 9.18. The summed E-state index contributed by atoms with van der Waals surface area (Å²) in [6, 6.07) is 0.831. The van der Waals surface area contributed by atoms with Crippen LogP contribution in [0.3, 0.4) is 0 Å². The number of ether oxygens (including phenoxy) is 2. The van der Waals surface area contributed by atoms with E-state index in [0.29, 0.717) is 18.1 Å². The molecule has 1 N–H and O–H groups in total. The highest BCUT2D eigenvalue weighted by atomic mass is 16.5. The molecular formula is C16H32N2O2. The van der Waals surface area contributed by atoms with Crippen LogP contribution in [0.25, 0.3) is 0 Å². The molecule has 20 heavy (non-hydrogen) atoms. The van der Waals surface area contributed by atoms with Crippen LogP contribution < -0.4 is 5.32 Å². The van der Waals surface area contributed by atoms with Crippen molar-refractivity contribution in [1.82, 2.24) is 10.2 Å². The normalized spacial score (nSPS) is 26.9. The zero-order chi connectivity index (χ0) is 14.4. The van der Waals surface area contributed by atoms with Crippen molar-refractivity contribution in [2.45, 2.75) is 57.8 Å². The maximum Gasteiger partial charge on any atom is 0.0813 e. The Kier molecular flexibility index (Phi) is 6.75. The molecule has 0 aromatic heterocycles. The summed E-state index contributed by atoms with van der Waals surface area (Å²) in [5, 5.41) is 3.48. The molecule has 1 aliphatic carbocycles. The SMILES string of the molecule is CC(C)CNCC1CCC(COCCN(C)C2CC2)O1. The van der Waals surface area contributed by atoms with Crippen LogP contribution in [-0.4, -0.2) is 63.0 Å². The molecule has 2 atom stereocenters. The molecule has 0 aromatic carbocycles. The quantitative estimate of drug-likeness (QED) is 0.621. The molecule has 2 fully saturated rings. The maximum absolute atomic E-state index is 6.01. The molecule has 0 radical (unpaired) electrons. The molecule has 1 saturated heterocycles. The molecule has 4 heteroatoms. The summed E-state index contributed by atoms with van der Waals surface area (Å²) < 4.78 is 11.8. The summed E-state index contributed by atoms with van der Waals surface area (Å²) in [7, 11) is 2.20. The Morgan fingerprint density at radius 3 is 2.65 bits per heavy atom. The minimum Gasteiger partial charge on any atom is -0.377 e. The van der Waals surface area contributed by atoms with Gasteiger partial charge in [0.05, 0.1) is 25.4 Å². The molecule has 0 amide bonds. The molecule has 4 nitrogen and oxygen atoms in total. The van der Waals surface area contributed by atoms with E-state index in [2.05, 4.69) is 31.1 Å². The zero-order valence-corrected chi connectivity index (χ0v) is 13.4. The van der Waals surface area contributed by atoms with Crippen LogP contribution in [0.2, 0.25) is 0 Å². The number of hydrogen-bond donors (Lipinski definition) is 1. The maximum atomic E-state index is 6.01. The van der Waals surface area contributed by atoms with Crippen molar-refractivity contribution in [1.29, 1.82) is 0 Å². The third kappa shape index (κ3) is 6.08.